The number of unbranched alkanes of at least 4 members (excludes halogenated alkanes) is 14. The van der Waals surface area contributed by atoms with Crippen LogP contribution in [0.3, 0.4) is 0 Å². The van der Waals surface area contributed by atoms with Gasteiger partial charge in [-0.1, -0.05) is 142 Å². The average Bonchev–Trinajstić information content (AvgIpc) is 3.14. The Bertz CT molecular complexity index is 1110. The minimum Gasteiger partial charge on any atom is -0.326 e. The van der Waals surface area contributed by atoms with Gasteiger partial charge < -0.3 is 20.4 Å². The van der Waals surface area contributed by atoms with Crippen LogP contribution in [0.1, 0.15) is 180 Å². The number of rotatable bonds is 34. The highest BCUT2D eigenvalue weighted by molar-refractivity contribution is 5.91. The number of carbonyl (C=O) groups excluding carboxylic acids is 2. The van der Waals surface area contributed by atoms with Crippen LogP contribution in [0.2, 0.25) is 0 Å². The minimum atomic E-state index is 0.0893. The third kappa shape index (κ3) is 24.4. The van der Waals surface area contributed by atoms with Gasteiger partial charge >= 0.3 is 0 Å². The summed E-state index contributed by atoms with van der Waals surface area (Å²) in [6.45, 7) is 15.7. The Hall–Kier alpha value is -2.70. The number of anilines is 2. The van der Waals surface area contributed by atoms with Crippen LogP contribution in [0.5, 0.6) is 0 Å². The first-order valence-corrected chi connectivity index (χ1v) is 22.2. The van der Waals surface area contributed by atoms with Crippen LogP contribution in [-0.2, 0) is 16.0 Å². The molecule has 0 atom stereocenters. The van der Waals surface area contributed by atoms with Crippen molar-refractivity contribution in [3.05, 3.63) is 59.7 Å². The predicted molar refractivity (Wildman–Crippen MR) is 230 cm³/mol. The summed E-state index contributed by atoms with van der Waals surface area (Å²) < 4.78 is 0. The van der Waals surface area contributed by atoms with E-state index in [1.807, 2.05) is 24.3 Å². The summed E-state index contributed by atoms with van der Waals surface area (Å²) in [5, 5.41) is 6.30. The van der Waals surface area contributed by atoms with E-state index in [0.29, 0.717) is 12.8 Å². The Morgan fingerprint density at radius 1 is 0.434 bits per heavy atom. The van der Waals surface area contributed by atoms with E-state index in [1.165, 1.54) is 116 Å². The van der Waals surface area contributed by atoms with Gasteiger partial charge in [-0.2, -0.15) is 0 Å². The van der Waals surface area contributed by atoms with Crippen molar-refractivity contribution in [3.8, 4) is 0 Å². The lowest BCUT2D eigenvalue weighted by atomic mass is 10.0. The molecule has 0 bridgehead atoms. The monoisotopic (exact) mass is 733 g/mol. The second-order valence-electron chi connectivity index (χ2n) is 15.5. The van der Waals surface area contributed by atoms with Gasteiger partial charge in [-0.25, -0.2) is 0 Å². The maximum Gasteiger partial charge on any atom is 0.224 e. The highest BCUT2D eigenvalue weighted by Crippen LogP contribution is 2.19. The second-order valence-corrected chi connectivity index (χ2v) is 15.5. The van der Waals surface area contributed by atoms with E-state index in [0.717, 1.165) is 81.0 Å². The summed E-state index contributed by atoms with van der Waals surface area (Å²) in [5.74, 6) is 0.179. The SMILES string of the molecule is CCCCCCCCN(CCCCC)CCCC(=O)Nc1cccc(Cc2cccc(NC(=O)CCCN(CCCCC)CCCCCCCC)c2)c1. The summed E-state index contributed by atoms with van der Waals surface area (Å²) >= 11 is 0. The molecule has 300 valence electrons. The average molecular weight is 733 g/mol. The standard InChI is InChI=1S/C47H80N4O2/c1-5-9-13-15-17-21-35-50(33-19-11-7-3)37-25-31-46(52)48-44-29-23-27-42(40-44)39-43-28-24-30-45(41-43)49-47(53)32-26-38-51(34-20-12-8-4)36-22-18-16-14-10-6-2/h23-24,27-30,40-41H,5-22,25-26,31-39H2,1-4H3,(H,48,52)(H,49,53). The molecule has 6 nitrogen and oxygen atoms in total. The molecular formula is C47H80N4O2. The molecular weight excluding hydrogens is 653 g/mol. The van der Waals surface area contributed by atoms with Crippen molar-refractivity contribution in [1.29, 1.82) is 0 Å². The molecule has 0 saturated heterocycles. The van der Waals surface area contributed by atoms with Crippen molar-refractivity contribution in [3.63, 3.8) is 0 Å². The van der Waals surface area contributed by atoms with Crippen molar-refractivity contribution in [2.24, 2.45) is 0 Å². The van der Waals surface area contributed by atoms with Gasteiger partial charge in [0.15, 0.2) is 0 Å². The van der Waals surface area contributed by atoms with E-state index in [4.69, 9.17) is 0 Å². The van der Waals surface area contributed by atoms with E-state index in [9.17, 15) is 9.59 Å². The number of amides is 2. The van der Waals surface area contributed by atoms with Crippen molar-refractivity contribution in [1.82, 2.24) is 9.80 Å². The lowest BCUT2D eigenvalue weighted by Crippen LogP contribution is -2.28. The third-order valence-electron chi connectivity index (χ3n) is 10.4. The number of hydrogen-bond donors (Lipinski definition) is 2. The number of nitrogens with zero attached hydrogens (tertiary/aromatic N) is 2. The molecule has 0 aromatic heterocycles. The fourth-order valence-corrected chi connectivity index (χ4v) is 7.20. The number of hydrogen-bond acceptors (Lipinski definition) is 4. The minimum absolute atomic E-state index is 0.0893. The normalized spacial score (nSPS) is 11.4. The smallest absolute Gasteiger partial charge is 0.224 e. The largest absolute Gasteiger partial charge is 0.326 e. The highest BCUT2D eigenvalue weighted by atomic mass is 16.2. The molecule has 2 N–H and O–H groups in total. The van der Waals surface area contributed by atoms with Gasteiger partial charge in [-0.15, -0.1) is 0 Å². The Kier molecular flexibility index (Phi) is 27.7. The molecule has 0 saturated carbocycles. The maximum atomic E-state index is 12.9. The van der Waals surface area contributed by atoms with Gasteiger partial charge in [-0.3, -0.25) is 9.59 Å². The molecule has 0 aliphatic heterocycles. The van der Waals surface area contributed by atoms with Crippen LogP contribution in [0.25, 0.3) is 0 Å². The Morgan fingerprint density at radius 2 is 0.755 bits per heavy atom. The highest BCUT2D eigenvalue weighted by Gasteiger charge is 2.10. The van der Waals surface area contributed by atoms with E-state index < -0.39 is 0 Å². The number of carbonyl (C=O) groups is 2. The summed E-state index contributed by atoms with van der Waals surface area (Å²) in [4.78, 5) is 31.0. The van der Waals surface area contributed by atoms with E-state index >= 15 is 0 Å². The van der Waals surface area contributed by atoms with Crippen molar-refractivity contribution in [2.45, 2.75) is 175 Å². The van der Waals surface area contributed by atoms with E-state index in [-0.39, 0.29) is 11.8 Å². The van der Waals surface area contributed by atoms with Gasteiger partial charge in [0.05, 0.1) is 0 Å². The Morgan fingerprint density at radius 3 is 1.15 bits per heavy atom. The lowest BCUT2D eigenvalue weighted by molar-refractivity contribution is -0.117. The van der Waals surface area contributed by atoms with Gasteiger partial charge in [-0.05, 0) is 120 Å². The molecule has 2 rings (SSSR count). The van der Waals surface area contributed by atoms with Gasteiger partial charge in [0.25, 0.3) is 0 Å². The molecule has 0 unspecified atom stereocenters. The molecule has 0 heterocycles. The van der Waals surface area contributed by atoms with Crippen LogP contribution in [-0.4, -0.2) is 60.9 Å². The van der Waals surface area contributed by atoms with Crippen molar-refractivity contribution in [2.75, 3.05) is 49.9 Å². The van der Waals surface area contributed by atoms with Crippen LogP contribution < -0.4 is 10.6 Å². The molecule has 0 aliphatic carbocycles. The fourth-order valence-electron chi connectivity index (χ4n) is 7.20. The molecule has 2 aromatic rings. The number of nitrogens with one attached hydrogen (secondary N) is 2. The summed E-state index contributed by atoms with van der Waals surface area (Å²) in [6, 6.07) is 16.4. The third-order valence-corrected chi connectivity index (χ3v) is 10.4. The Balaban J connectivity index is 1.78. The molecule has 2 amide bonds. The van der Waals surface area contributed by atoms with Crippen LogP contribution in [0.15, 0.2) is 48.5 Å². The van der Waals surface area contributed by atoms with E-state index in [1.54, 1.807) is 0 Å². The zero-order valence-corrected chi connectivity index (χ0v) is 34.8. The molecule has 0 radical (unpaired) electrons. The van der Waals surface area contributed by atoms with Crippen molar-refractivity contribution < 1.29 is 9.59 Å². The first-order chi connectivity index (χ1) is 26.0. The second kappa shape index (κ2) is 31.6. The van der Waals surface area contributed by atoms with Gasteiger partial charge in [0, 0.05) is 24.2 Å². The molecule has 53 heavy (non-hydrogen) atoms. The first kappa shape index (κ1) is 46.5. The summed E-state index contributed by atoms with van der Waals surface area (Å²) in [7, 11) is 0. The molecule has 0 aliphatic rings. The number of benzene rings is 2. The molecule has 6 heteroatoms. The summed E-state index contributed by atoms with van der Waals surface area (Å²) in [5.41, 5.74) is 3.98. The lowest BCUT2D eigenvalue weighted by Gasteiger charge is -2.22. The molecule has 0 spiro atoms. The van der Waals surface area contributed by atoms with Crippen LogP contribution in [0, 0.1) is 0 Å². The van der Waals surface area contributed by atoms with E-state index in [2.05, 4.69) is 72.4 Å². The zero-order valence-electron chi connectivity index (χ0n) is 34.8. The quantitative estimate of drug-likeness (QED) is 0.0703. The van der Waals surface area contributed by atoms with Crippen molar-refractivity contribution >= 4 is 23.2 Å². The molecule has 0 fully saturated rings. The molecule has 2 aromatic carbocycles. The van der Waals surface area contributed by atoms with Gasteiger partial charge in [0.1, 0.15) is 0 Å². The predicted octanol–water partition coefficient (Wildman–Crippen LogP) is 12.4. The summed E-state index contributed by atoms with van der Waals surface area (Å²) in [6.07, 6.45) is 27.0. The Labute approximate surface area is 326 Å². The van der Waals surface area contributed by atoms with Gasteiger partial charge in [0.2, 0.25) is 11.8 Å². The van der Waals surface area contributed by atoms with Crippen LogP contribution in [0.4, 0.5) is 11.4 Å². The van der Waals surface area contributed by atoms with Crippen LogP contribution >= 0.6 is 0 Å². The fraction of sp³-hybridized carbons (Fsp3) is 0.702. The zero-order chi connectivity index (χ0) is 38.2. The maximum absolute atomic E-state index is 12.9. The first-order valence-electron chi connectivity index (χ1n) is 22.2. The topological polar surface area (TPSA) is 64.7 Å².